The molecule has 0 aromatic carbocycles. The van der Waals surface area contributed by atoms with Crippen LogP contribution in [0.1, 0.15) is 6.92 Å². The third-order valence-corrected chi connectivity index (χ3v) is 0.954. The zero-order valence-corrected chi connectivity index (χ0v) is 5.80. The first kappa shape index (κ1) is 8.82. The summed E-state index contributed by atoms with van der Waals surface area (Å²) in [5, 5.41) is 0. The Balaban J connectivity index is 4.51. The van der Waals surface area contributed by atoms with E-state index in [9.17, 15) is 9.18 Å². The van der Waals surface area contributed by atoms with E-state index in [1.807, 2.05) is 0 Å². The van der Waals surface area contributed by atoms with Crippen LogP contribution in [0.15, 0.2) is 36.2 Å². The molecule has 0 saturated heterocycles. The van der Waals surface area contributed by atoms with Gasteiger partial charge < -0.3 is 0 Å². The minimum absolute atomic E-state index is 0.0255. The van der Waals surface area contributed by atoms with Crippen LogP contribution in [0.4, 0.5) is 4.39 Å². The van der Waals surface area contributed by atoms with E-state index in [4.69, 9.17) is 0 Å². The summed E-state index contributed by atoms with van der Waals surface area (Å²) in [7, 11) is 0. The van der Waals surface area contributed by atoms with Gasteiger partial charge in [-0.05, 0) is 13.0 Å². The Bertz CT molecular complexity index is 189. The highest BCUT2D eigenvalue weighted by Gasteiger charge is 1.97. The highest BCUT2D eigenvalue weighted by atomic mass is 19.1. The van der Waals surface area contributed by atoms with Crippen molar-refractivity contribution in [3.8, 4) is 0 Å². The first-order chi connectivity index (χ1) is 4.76. The molecule has 0 rings (SSSR count). The van der Waals surface area contributed by atoms with Gasteiger partial charge in [-0.3, -0.25) is 4.79 Å². The van der Waals surface area contributed by atoms with Crippen LogP contribution in [0.5, 0.6) is 0 Å². The summed E-state index contributed by atoms with van der Waals surface area (Å²) in [5.41, 5.74) is 0.0255. The number of halogens is 1. The van der Waals surface area contributed by atoms with Gasteiger partial charge in [0.05, 0.1) is 0 Å². The molecule has 0 unspecified atom stereocenters. The molecule has 0 atom stereocenters. The largest absolute Gasteiger partial charge is 0.298 e. The maximum atomic E-state index is 12.5. The lowest BCUT2D eigenvalue weighted by Gasteiger charge is -1.89. The van der Waals surface area contributed by atoms with Gasteiger partial charge in [-0.15, -0.1) is 0 Å². The number of hydrogen-bond donors (Lipinski definition) is 0. The molecule has 0 aromatic heterocycles. The number of carbonyl (C=O) groups excluding carboxylic acids is 1. The minimum atomic E-state index is -0.519. The minimum Gasteiger partial charge on any atom is -0.298 e. The van der Waals surface area contributed by atoms with Crippen LogP contribution < -0.4 is 0 Å². The molecule has 1 nitrogen and oxygen atoms in total. The lowest BCUT2D eigenvalue weighted by Crippen LogP contribution is -1.83. The van der Waals surface area contributed by atoms with Gasteiger partial charge in [-0.1, -0.05) is 18.7 Å². The molecule has 0 aliphatic rings. The van der Waals surface area contributed by atoms with E-state index in [1.165, 1.54) is 25.2 Å². The smallest absolute Gasteiger partial charge is 0.152 e. The van der Waals surface area contributed by atoms with E-state index in [-0.39, 0.29) is 5.57 Å². The fourth-order valence-corrected chi connectivity index (χ4v) is 0.469. The van der Waals surface area contributed by atoms with Crippen molar-refractivity contribution < 1.29 is 9.18 Å². The number of allylic oxidation sites excluding steroid dienone is 5. The van der Waals surface area contributed by atoms with E-state index >= 15 is 0 Å². The molecule has 0 amide bonds. The Morgan fingerprint density at radius 1 is 1.60 bits per heavy atom. The Labute approximate surface area is 59.6 Å². The van der Waals surface area contributed by atoms with Crippen LogP contribution in [0.3, 0.4) is 0 Å². The second kappa shape index (κ2) is 4.68. The lowest BCUT2D eigenvalue weighted by atomic mass is 10.2. The molecule has 10 heavy (non-hydrogen) atoms. The number of aldehydes is 1. The normalized spacial score (nSPS) is 13.0. The second-order valence-corrected chi connectivity index (χ2v) is 1.61. The SMILES string of the molecule is C=C/C=C(C=O)\C(F)=C/C. The first-order valence-corrected chi connectivity index (χ1v) is 2.86. The van der Waals surface area contributed by atoms with Crippen molar-refractivity contribution >= 4 is 6.29 Å². The van der Waals surface area contributed by atoms with E-state index in [0.717, 1.165) is 0 Å². The van der Waals surface area contributed by atoms with Crippen LogP contribution >= 0.6 is 0 Å². The molecular weight excluding hydrogens is 131 g/mol. The van der Waals surface area contributed by atoms with Crippen LogP contribution in [0, 0.1) is 0 Å². The molecule has 0 saturated carbocycles. The number of rotatable bonds is 3. The van der Waals surface area contributed by atoms with Crippen LogP contribution in [0.2, 0.25) is 0 Å². The molecule has 0 aromatic rings. The average molecular weight is 140 g/mol. The third-order valence-electron chi connectivity index (χ3n) is 0.954. The second-order valence-electron chi connectivity index (χ2n) is 1.61. The van der Waals surface area contributed by atoms with Gasteiger partial charge in [0.25, 0.3) is 0 Å². The molecule has 0 N–H and O–H groups in total. The summed E-state index contributed by atoms with van der Waals surface area (Å²) >= 11 is 0. The van der Waals surface area contributed by atoms with Crippen molar-refractivity contribution in [1.82, 2.24) is 0 Å². The fraction of sp³-hybridized carbons (Fsp3) is 0.125. The van der Waals surface area contributed by atoms with Gasteiger partial charge in [0.2, 0.25) is 0 Å². The maximum absolute atomic E-state index is 12.5. The average Bonchev–Trinajstić information content (AvgIpc) is 1.99. The Hall–Kier alpha value is -1.18. The standard InChI is InChI=1S/C8H9FO/c1-3-5-7(6-10)8(9)4-2/h3-6H,1H2,2H3/b7-5-,8-4+. The predicted octanol–water partition coefficient (Wildman–Crippen LogP) is 2.17. The van der Waals surface area contributed by atoms with E-state index in [1.54, 1.807) is 0 Å². The van der Waals surface area contributed by atoms with E-state index < -0.39 is 5.83 Å². The van der Waals surface area contributed by atoms with E-state index in [2.05, 4.69) is 6.58 Å². The summed E-state index contributed by atoms with van der Waals surface area (Å²) in [6, 6.07) is 0. The molecule has 0 bridgehead atoms. The van der Waals surface area contributed by atoms with Crippen molar-refractivity contribution in [2.75, 3.05) is 0 Å². The molecular formula is C8H9FO. The fourth-order valence-electron chi connectivity index (χ4n) is 0.469. The summed E-state index contributed by atoms with van der Waals surface area (Å²) < 4.78 is 12.5. The monoisotopic (exact) mass is 140 g/mol. The molecule has 2 heteroatoms. The summed E-state index contributed by atoms with van der Waals surface area (Å²) in [6.45, 7) is 4.86. The first-order valence-electron chi connectivity index (χ1n) is 2.86. The van der Waals surface area contributed by atoms with Gasteiger partial charge in [-0.25, -0.2) is 4.39 Å². The lowest BCUT2D eigenvalue weighted by molar-refractivity contribution is -0.104. The van der Waals surface area contributed by atoms with Crippen molar-refractivity contribution in [3.63, 3.8) is 0 Å². The van der Waals surface area contributed by atoms with Gasteiger partial charge in [-0.2, -0.15) is 0 Å². The molecule has 0 fully saturated rings. The quantitative estimate of drug-likeness (QED) is 0.333. The van der Waals surface area contributed by atoms with Gasteiger partial charge in [0.15, 0.2) is 6.29 Å². The molecule has 0 aliphatic carbocycles. The van der Waals surface area contributed by atoms with Gasteiger partial charge >= 0.3 is 0 Å². The number of carbonyl (C=O) groups is 1. The molecule has 0 spiro atoms. The van der Waals surface area contributed by atoms with Crippen LogP contribution in [-0.2, 0) is 4.79 Å². The van der Waals surface area contributed by atoms with Crippen LogP contribution in [-0.4, -0.2) is 6.29 Å². The third kappa shape index (κ3) is 2.40. The topological polar surface area (TPSA) is 17.1 Å². The Morgan fingerprint density at radius 3 is 2.50 bits per heavy atom. The zero-order chi connectivity index (χ0) is 7.98. The zero-order valence-electron chi connectivity index (χ0n) is 5.80. The van der Waals surface area contributed by atoms with Crippen molar-refractivity contribution in [1.29, 1.82) is 0 Å². The van der Waals surface area contributed by atoms with E-state index in [0.29, 0.717) is 6.29 Å². The van der Waals surface area contributed by atoms with Crippen LogP contribution in [0.25, 0.3) is 0 Å². The summed E-state index contributed by atoms with van der Waals surface area (Å²) in [4.78, 5) is 10.1. The molecule has 0 radical (unpaired) electrons. The van der Waals surface area contributed by atoms with Gasteiger partial charge in [0, 0.05) is 5.57 Å². The molecule has 0 heterocycles. The highest BCUT2D eigenvalue weighted by Crippen LogP contribution is 2.07. The Morgan fingerprint density at radius 2 is 2.20 bits per heavy atom. The molecule has 54 valence electrons. The Kier molecular flexibility index (Phi) is 4.12. The van der Waals surface area contributed by atoms with Crippen molar-refractivity contribution in [3.05, 3.63) is 36.2 Å². The van der Waals surface area contributed by atoms with Crippen molar-refractivity contribution in [2.45, 2.75) is 6.92 Å². The molecule has 0 aliphatic heterocycles. The highest BCUT2D eigenvalue weighted by molar-refractivity contribution is 5.79. The summed E-state index contributed by atoms with van der Waals surface area (Å²) in [6.07, 6.45) is 4.37. The number of hydrogen-bond acceptors (Lipinski definition) is 1. The van der Waals surface area contributed by atoms with Crippen molar-refractivity contribution in [2.24, 2.45) is 0 Å². The summed E-state index contributed by atoms with van der Waals surface area (Å²) in [5.74, 6) is -0.519. The van der Waals surface area contributed by atoms with Gasteiger partial charge in [0.1, 0.15) is 5.83 Å². The maximum Gasteiger partial charge on any atom is 0.152 e. The predicted molar refractivity (Wildman–Crippen MR) is 39.2 cm³/mol.